The van der Waals surface area contributed by atoms with Crippen molar-refractivity contribution >= 4 is 15.9 Å². The molecule has 1 atom stereocenters. The molecule has 0 aliphatic carbocycles. The van der Waals surface area contributed by atoms with E-state index in [1.54, 1.807) is 6.92 Å². The third-order valence-electron chi connectivity index (χ3n) is 1.51. The third kappa shape index (κ3) is 5.93. The van der Waals surface area contributed by atoms with Crippen LogP contribution in [0.1, 0.15) is 27.2 Å². The molecule has 0 saturated carbocycles. The lowest BCUT2D eigenvalue weighted by Crippen LogP contribution is -2.47. The van der Waals surface area contributed by atoms with E-state index in [0.717, 1.165) is 6.26 Å². The summed E-state index contributed by atoms with van der Waals surface area (Å²) in [5.74, 6) is -0.284. The summed E-state index contributed by atoms with van der Waals surface area (Å²) in [6, 6.07) is -0.662. The Bertz CT molecular complexity index is 285. The van der Waals surface area contributed by atoms with Crippen LogP contribution in [0.3, 0.4) is 0 Å². The van der Waals surface area contributed by atoms with E-state index >= 15 is 0 Å². The molecule has 0 unspecified atom stereocenters. The van der Waals surface area contributed by atoms with E-state index in [4.69, 9.17) is 0 Å². The predicted molar refractivity (Wildman–Crippen MR) is 55.3 cm³/mol. The SMILES string of the molecule is CC[C@H](NS(C)(=O)=O)C(=O)NC(C)C. The number of sulfonamides is 1. The smallest absolute Gasteiger partial charge is 0.238 e. The number of amides is 1. The van der Waals surface area contributed by atoms with Gasteiger partial charge in [-0.1, -0.05) is 6.92 Å². The lowest BCUT2D eigenvalue weighted by molar-refractivity contribution is -0.123. The molecule has 84 valence electrons. The molecule has 5 nitrogen and oxygen atoms in total. The molecule has 6 heteroatoms. The molecule has 2 N–H and O–H groups in total. The van der Waals surface area contributed by atoms with Gasteiger partial charge in [-0.25, -0.2) is 13.1 Å². The molecular formula is C8H18N2O3S. The largest absolute Gasteiger partial charge is 0.353 e. The molecule has 0 aromatic carbocycles. The minimum atomic E-state index is -3.33. The molecule has 0 bridgehead atoms. The van der Waals surface area contributed by atoms with Crippen molar-refractivity contribution in [3.63, 3.8) is 0 Å². The van der Waals surface area contributed by atoms with Crippen molar-refractivity contribution in [3.05, 3.63) is 0 Å². The number of carbonyl (C=O) groups excluding carboxylic acids is 1. The van der Waals surface area contributed by atoms with Crippen LogP contribution in [-0.2, 0) is 14.8 Å². The molecule has 1 amide bonds. The zero-order valence-corrected chi connectivity index (χ0v) is 9.81. The van der Waals surface area contributed by atoms with Gasteiger partial charge < -0.3 is 5.32 Å². The molecule has 0 aliphatic rings. The molecular weight excluding hydrogens is 204 g/mol. The Balaban J connectivity index is 4.35. The maximum absolute atomic E-state index is 11.4. The molecule has 0 fully saturated rings. The first kappa shape index (κ1) is 13.4. The zero-order chi connectivity index (χ0) is 11.4. The second kappa shape index (κ2) is 5.31. The minimum absolute atomic E-state index is 0.0120. The molecule has 0 rings (SSSR count). The summed E-state index contributed by atoms with van der Waals surface area (Å²) in [5, 5.41) is 2.65. The van der Waals surface area contributed by atoms with Gasteiger partial charge in [0, 0.05) is 6.04 Å². The summed E-state index contributed by atoms with van der Waals surface area (Å²) in [4.78, 5) is 11.4. The molecule has 14 heavy (non-hydrogen) atoms. The van der Waals surface area contributed by atoms with Gasteiger partial charge in [-0.3, -0.25) is 4.79 Å². The van der Waals surface area contributed by atoms with E-state index in [1.807, 2.05) is 13.8 Å². The highest BCUT2D eigenvalue weighted by molar-refractivity contribution is 7.88. The Hall–Kier alpha value is -0.620. The zero-order valence-electron chi connectivity index (χ0n) is 8.99. The molecule has 0 aromatic rings. The van der Waals surface area contributed by atoms with Crippen molar-refractivity contribution in [2.75, 3.05) is 6.26 Å². The molecule has 0 aromatic heterocycles. The van der Waals surface area contributed by atoms with Crippen LogP contribution < -0.4 is 10.0 Å². The van der Waals surface area contributed by atoms with Gasteiger partial charge in [-0.2, -0.15) is 0 Å². The quantitative estimate of drug-likeness (QED) is 0.678. The highest BCUT2D eigenvalue weighted by Crippen LogP contribution is 1.94. The number of hydrogen-bond donors (Lipinski definition) is 2. The first-order chi connectivity index (χ1) is 6.26. The van der Waals surface area contributed by atoms with Gasteiger partial charge in [0.1, 0.15) is 6.04 Å². The van der Waals surface area contributed by atoms with Gasteiger partial charge in [-0.15, -0.1) is 0 Å². The van der Waals surface area contributed by atoms with E-state index in [9.17, 15) is 13.2 Å². The average Bonchev–Trinajstić information content (AvgIpc) is 1.96. The fourth-order valence-electron chi connectivity index (χ4n) is 0.966. The summed E-state index contributed by atoms with van der Waals surface area (Å²) >= 11 is 0. The normalized spacial score (nSPS) is 14.1. The number of carbonyl (C=O) groups is 1. The molecule has 0 radical (unpaired) electrons. The van der Waals surface area contributed by atoms with Crippen LogP contribution in [0.4, 0.5) is 0 Å². The summed E-state index contributed by atoms with van der Waals surface area (Å²) in [5.41, 5.74) is 0. The highest BCUT2D eigenvalue weighted by Gasteiger charge is 2.20. The second-order valence-electron chi connectivity index (χ2n) is 3.51. The van der Waals surface area contributed by atoms with Crippen molar-refractivity contribution in [1.82, 2.24) is 10.0 Å². The van der Waals surface area contributed by atoms with Gasteiger partial charge in [0.2, 0.25) is 15.9 Å². The number of rotatable bonds is 5. The maximum Gasteiger partial charge on any atom is 0.238 e. The van der Waals surface area contributed by atoms with Crippen molar-refractivity contribution in [1.29, 1.82) is 0 Å². The summed E-state index contributed by atoms with van der Waals surface area (Å²) in [6.45, 7) is 5.40. The number of nitrogens with one attached hydrogen (secondary N) is 2. The molecule has 0 spiro atoms. The Labute approximate surface area is 85.3 Å². The standard InChI is InChI=1S/C8H18N2O3S/c1-5-7(10-14(4,12)13)8(11)9-6(2)3/h6-7,10H,5H2,1-4H3,(H,9,11)/t7-/m0/s1. The van der Waals surface area contributed by atoms with Crippen LogP contribution in [0.15, 0.2) is 0 Å². The van der Waals surface area contributed by atoms with Crippen LogP contribution in [0, 0.1) is 0 Å². The minimum Gasteiger partial charge on any atom is -0.353 e. The fraction of sp³-hybridized carbons (Fsp3) is 0.875. The van der Waals surface area contributed by atoms with Crippen LogP contribution in [0.5, 0.6) is 0 Å². The molecule has 0 heterocycles. The van der Waals surface area contributed by atoms with E-state index in [-0.39, 0.29) is 11.9 Å². The van der Waals surface area contributed by atoms with Gasteiger partial charge in [0.05, 0.1) is 6.26 Å². The van der Waals surface area contributed by atoms with E-state index in [2.05, 4.69) is 10.0 Å². The van der Waals surface area contributed by atoms with Crippen LogP contribution >= 0.6 is 0 Å². The van der Waals surface area contributed by atoms with E-state index in [1.165, 1.54) is 0 Å². The second-order valence-corrected chi connectivity index (χ2v) is 5.29. The van der Waals surface area contributed by atoms with Crippen molar-refractivity contribution < 1.29 is 13.2 Å². The monoisotopic (exact) mass is 222 g/mol. The fourth-order valence-corrected chi connectivity index (χ4v) is 1.76. The summed E-state index contributed by atoms with van der Waals surface area (Å²) in [6.07, 6.45) is 1.48. The van der Waals surface area contributed by atoms with Gasteiger partial charge in [0.25, 0.3) is 0 Å². The van der Waals surface area contributed by atoms with Gasteiger partial charge >= 0.3 is 0 Å². The van der Waals surface area contributed by atoms with Crippen LogP contribution in [-0.4, -0.2) is 32.7 Å². The van der Waals surface area contributed by atoms with Crippen LogP contribution in [0.25, 0.3) is 0 Å². The highest BCUT2D eigenvalue weighted by atomic mass is 32.2. The lowest BCUT2D eigenvalue weighted by atomic mass is 10.2. The molecule has 0 aliphatic heterocycles. The maximum atomic E-state index is 11.4. The average molecular weight is 222 g/mol. The predicted octanol–water partition coefficient (Wildman–Crippen LogP) is -0.161. The van der Waals surface area contributed by atoms with Crippen molar-refractivity contribution in [2.45, 2.75) is 39.3 Å². The first-order valence-corrected chi connectivity index (χ1v) is 6.43. The van der Waals surface area contributed by atoms with Crippen molar-refractivity contribution in [2.24, 2.45) is 0 Å². The van der Waals surface area contributed by atoms with Gasteiger partial charge in [-0.05, 0) is 20.3 Å². The third-order valence-corrected chi connectivity index (χ3v) is 2.22. The van der Waals surface area contributed by atoms with E-state index in [0.29, 0.717) is 6.42 Å². The summed E-state index contributed by atoms with van der Waals surface area (Å²) in [7, 11) is -3.33. The lowest BCUT2D eigenvalue weighted by Gasteiger charge is -2.17. The van der Waals surface area contributed by atoms with E-state index < -0.39 is 16.1 Å². The summed E-state index contributed by atoms with van der Waals surface area (Å²) < 4.78 is 24.1. The Morgan fingerprint density at radius 3 is 2.14 bits per heavy atom. The van der Waals surface area contributed by atoms with Crippen molar-refractivity contribution in [3.8, 4) is 0 Å². The Morgan fingerprint density at radius 2 is 1.86 bits per heavy atom. The number of hydrogen-bond acceptors (Lipinski definition) is 3. The Kier molecular flexibility index (Phi) is 5.07. The molecule has 0 saturated heterocycles. The van der Waals surface area contributed by atoms with Gasteiger partial charge in [0.15, 0.2) is 0 Å². The first-order valence-electron chi connectivity index (χ1n) is 4.54. The Morgan fingerprint density at radius 1 is 1.36 bits per heavy atom. The topological polar surface area (TPSA) is 75.3 Å². The van der Waals surface area contributed by atoms with Crippen LogP contribution in [0.2, 0.25) is 0 Å².